The van der Waals surface area contributed by atoms with E-state index in [-0.39, 0.29) is 62.9 Å². The van der Waals surface area contributed by atoms with Crippen LogP contribution in [0.3, 0.4) is 0 Å². The summed E-state index contributed by atoms with van der Waals surface area (Å²) < 4.78 is 89.2. The number of methoxy groups -OCH3 is 2. The van der Waals surface area contributed by atoms with Crippen molar-refractivity contribution in [2.75, 3.05) is 140 Å². The van der Waals surface area contributed by atoms with Gasteiger partial charge in [0.25, 0.3) is 0 Å². The normalized spacial score (nSPS) is 18.7. The molecule has 2 amide bonds. The Kier molecular flexibility index (Phi) is 23.5. The highest BCUT2D eigenvalue weighted by molar-refractivity contribution is 7.89. The Morgan fingerprint density at radius 3 is 1.15 bits per heavy atom. The van der Waals surface area contributed by atoms with Crippen molar-refractivity contribution in [2.45, 2.75) is 102 Å². The van der Waals surface area contributed by atoms with Crippen LogP contribution in [0.4, 0.5) is 4.39 Å². The summed E-state index contributed by atoms with van der Waals surface area (Å²) in [5.74, 6) is 4.03. The minimum Gasteiger partial charge on any atom is -0.497 e. The molecule has 72 heavy (non-hydrogen) atoms. The first kappa shape index (κ1) is 59.4. The van der Waals surface area contributed by atoms with Crippen molar-refractivity contribution in [3.05, 3.63) is 46.5 Å². The molecule has 19 heteroatoms. The number of rotatable bonds is 22. The Morgan fingerprint density at radius 2 is 0.861 bits per heavy atom. The average Bonchev–Trinajstić information content (AvgIpc) is 3.36. The van der Waals surface area contributed by atoms with Crippen LogP contribution in [-0.4, -0.2) is 197 Å². The molecule has 4 heterocycles. The van der Waals surface area contributed by atoms with Gasteiger partial charge in [-0.25, -0.2) is 21.2 Å². The summed E-state index contributed by atoms with van der Waals surface area (Å²) in [5, 5.41) is 0. The zero-order valence-corrected chi connectivity index (χ0v) is 46.6. The maximum Gasteiger partial charge on any atom is 0.248 e. The average molecular weight is 1050 g/mol. The van der Waals surface area contributed by atoms with E-state index in [2.05, 4.69) is 16.7 Å². The molecule has 2 aromatic carbocycles. The van der Waals surface area contributed by atoms with E-state index < -0.39 is 20.0 Å². The van der Waals surface area contributed by atoms with Gasteiger partial charge in [0, 0.05) is 59.9 Å². The highest BCUT2D eigenvalue weighted by atomic mass is 32.2. The lowest BCUT2D eigenvalue weighted by molar-refractivity contribution is -0.138. The molecule has 0 N–H and O–H groups in total. The van der Waals surface area contributed by atoms with Crippen LogP contribution in [0.1, 0.15) is 87.0 Å². The van der Waals surface area contributed by atoms with Gasteiger partial charge in [-0.1, -0.05) is 6.92 Å². The van der Waals surface area contributed by atoms with E-state index in [1.165, 1.54) is 54.6 Å². The molecule has 6 rings (SSSR count). The molecule has 0 radical (unpaired) electrons. The van der Waals surface area contributed by atoms with Crippen molar-refractivity contribution in [3.63, 3.8) is 0 Å². The maximum atomic E-state index is 13.1. The molecule has 16 nitrogen and oxygen atoms in total. The van der Waals surface area contributed by atoms with Crippen molar-refractivity contribution in [1.82, 2.24) is 28.2 Å². The summed E-state index contributed by atoms with van der Waals surface area (Å²) in [7, 11) is -1.18. The van der Waals surface area contributed by atoms with Crippen molar-refractivity contribution < 1.29 is 49.8 Å². The number of aryl methyl sites for hydroxylation is 4. The van der Waals surface area contributed by atoms with E-state index >= 15 is 0 Å². The lowest BCUT2D eigenvalue weighted by atomic mass is 9.79. The SMILES string of the molecule is CCCN1CCC(C2CCN(C(=O)COCCN(C)S(=O)(=O)c3c(C)cc(OC)cc3C)CC2)CC1.COc1cc(C)c(S(=O)(=O)N(C)CCOCC(=O)N2CCC(C3CCN(CCF)CC3)CC2)c(C)c1. The van der Waals surface area contributed by atoms with Crippen LogP contribution < -0.4 is 9.47 Å². The lowest BCUT2D eigenvalue weighted by Gasteiger charge is -2.40. The van der Waals surface area contributed by atoms with E-state index in [4.69, 9.17) is 18.9 Å². The van der Waals surface area contributed by atoms with Crippen molar-refractivity contribution in [1.29, 1.82) is 0 Å². The maximum absolute atomic E-state index is 13.1. The van der Waals surface area contributed by atoms with E-state index in [9.17, 15) is 30.8 Å². The first-order valence-corrected chi connectivity index (χ1v) is 29.2. The highest BCUT2D eigenvalue weighted by Crippen LogP contribution is 2.35. The minimum atomic E-state index is -3.69. The molecule has 0 atom stereocenters. The molecule has 4 fully saturated rings. The predicted molar refractivity (Wildman–Crippen MR) is 279 cm³/mol. The molecule has 0 aliphatic carbocycles. The molecule has 0 saturated carbocycles. The lowest BCUT2D eigenvalue weighted by Crippen LogP contribution is -2.44. The molecule has 4 aliphatic rings. The second-order valence-corrected chi connectivity index (χ2v) is 24.4. The van der Waals surface area contributed by atoms with Gasteiger partial charge in [0.1, 0.15) is 31.4 Å². The number of hydrogen-bond acceptors (Lipinski definition) is 12. The van der Waals surface area contributed by atoms with Gasteiger partial charge in [-0.3, -0.25) is 9.59 Å². The first-order chi connectivity index (χ1) is 34.3. The number of sulfonamides is 2. The highest BCUT2D eigenvalue weighted by Gasteiger charge is 2.33. The summed E-state index contributed by atoms with van der Waals surface area (Å²) in [5.41, 5.74) is 2.54. The number of carbonyl (C=O) groups excluding carboxylic acids is 2. The minimum absolute atomic E-state index is 0.00133. The van der Waals surface area contributed by atoms with Crippen LogP contribution in [0, 0.1) is 51.4 Å². The van der Waals surface area contributed by atoms with Gasteiger partial charge in [-0.05, 0) is 188 Å². The fraction of sp³-hybridized carbons (Fsp3) is 0.736. The Bertz CT molecular complexity index is 2050. The number of benzene rings is 2. The zero-order valence-electron chi connectivity index (χ0n) is 45.0. The standard InChI is InChI=1S/C27H45N3O5S.C26H42FN3O5S/c1-6-11-29-12-7-23(8-13-29)24-9-14-30(15-10-24)26(31)20-35-17-16-28(4)36(32,33)27-21(2)18-25(34-5)19-22(27)3;1-20-17-24(34-4)18-21(2)26(20)36(32,33)28(3)15-16-35-19-25(31)30-12-7-23(8-13-30)22-5-10-29(11-6-22)14-9-27/h18-19,23-24H,6-17,20H2,1-5H3;17-18,22-23H,5-16,19H2,1-4H3. The molecular formula is C53H87FN6O10S2. The smallest absolute Gasteiger partial charge is 0.248 e. The largest absolute Gasteiger partial charge is 0.497 e. The van der Waals surface area contributed by atoms with Crippen molar-refractivity contribution >= 4 is 31.9 Å². The molecule has 4 saturated heterocycles. The quantitative estimate of drug-likeness (QED) is 0.124. The molecule has 408 valence electrons. The summed E-state index contributed by atoms with van der Waals surface area (Å²) in [6, 6.07) is 6.87. The number of piperidine rings is 4. The van der Waals surface area contributed by atoms with Crippen molar-refractivity contribution in [2.24, 2.45) is 23.7 Å². The van der Waals surface area contributed by atoms with Crippen LogP contribution >= 0.6 is 0 Å². The zero-order chi connectivity index (χ0) is 52.6. The van der Waals surface area contributed by atoms with Gasteiger partial charge < -0.3 is 38.5 Å². The van der Waals surface area contributed by atoms with Crippen LogP contribution in [0.25, 0.3) is 0 Å². The molecule has 4 aliphatic heterocycles. The van der Waals surface area contributed by atoms with Gasteiger partial charge in [-0.15, -0.1) is 0 Å². The van der Waals surface area contributed by atoms with Gasteiger partial charge in [0.05, 0.1) is 37.2 Å². The van der Waals surface area contributed by atoms with Crippen LogP contribution in [0.5, 0.6) is 11.5 Å². The first-order valence-electron chi connectivity index (χ1n) is 26.3. The number of nitrogens with zero attached hydrogens (tertiary/aromatic N) is 6. The molecular weight excluding hydrogens is 964 g/mol. The second kappa shape index (κ2) is 28.5. The van der Waals surface area contributed by atoms with Crippen molar-refractivity contribution in [3.8, 4) is 11.5 Å². The van der Waals surface area contributed by atoms with Crippen LogP contribution in [-0.2, 0) is 39.1 Å². The Labute approximate surface area is 431 Å². The summed E-state index contributed by atoms with van der Waals surface area (Å²) in [6.45, 7) is 18.8. The Morgan fingerprint density at radius 1 is 0.556 bits per heavy atom. The van der Waals surface area contributed by atoms with E-state index in [0.29, 0.717) is 57.0 Å². The van der Waals surface area contributed by atoms with Crippen LogP contribution in [0.15, 0.2) is 34.1 Å². The summed E-state index contributed by atoms with van der Waals surface area (Å²) in [6.07, 6.45) is 10.2. The number of likely N-dealkylation sites (N-methyl/N-ethyl adjacent to an activating group) is 2. The predicted octanol–water partition coefficient (Wildman–Crippen LogP) is 6.18. The summed E-state index contributed by atoms with van der Waals surface area (Å²) >= 11 is 0. The second-order valence-electron chi connectivity index (χ2n) is 20.4. The van der Waals surface area contributed by atoms with E-state index in [0.717, 1.165) is 89.6 Å². The number of halogens is 1. The fourth-order valence-electron chi connectivity index (χ4n) is 11.3. The topological polar surface area (TPSA) is 159 Å². The van der Waals surface area contributed by atoms with Crippen LogP contribution in [0.2, 0.25) is 0 Å². The molecule has 2 aromatic rings. The Balaban J connectivity index is 0.000000267. The van der Waals surface area contributed by atoms with Gasteiger partial charge in [0.15, 0.2) is 0 Å². The third-order valence-corrected chi connectivity index (χ3v) is 19.9. The van der Waals surface area contributed by atoms with Gasteiger partial charge in [0.2, 0.25) is 31.9 Å². The number of carbonyl (C=O) groups is 2. The van der Waals surface area contributed by atoms with E-state index in [1.54, 1.807) is 73.2 Å². The number of alkyl halides is 1. The molecule has 0 bridgehead atoms. The molecule has 0 unspecified atom stereocenters. The van der Waals surface area contributed by atoms with E-state index in [1.807, 2.05) is 9.80 Å². The van der Waals surface area contributed by atoms with Gasteiger partial charge >= 0.3 is 0 Å². The monoisotopic (exact) mass is 1050 g/mol. The number of likely N-dealkylation sites (tertiary alicyclic amines) is 4. The number of ether oxygens (including phenoxy) is 4. The Hall–Kier alpha value is -3.43. The third-order valence-electron chi connectivity index (χ3n) is 15.6. The summed E-state index contributed by atoms with van der Waals surface area (Å²) in [4.78, 5) is 34.4. The third kappa shape index (κ3) is 16.3. The molecule has 0 spiro atoms. The van der Waals surface area contributed by atoms with Gasteiger partial charge in [-0.2, -0.15) is 8.61 Å². The number of amides is 2. The fourth-order valence-corrected chi connectivity index (χ4v) is 14.4. The number of hydrogen-bond donors (Lipinski definition) is 0. The molecule has 0 aromatic heterocycles.